The van der Waals surface area contributed by atoms with Gasteiger partial charge in [-0.15, -0.1) is 0 Å². The van der Waals surface area contributed by atoms with E-state index in [2.05, 4.69) is 10.3 Å². The van der Waals surface area contributed by atoms with Crippen LogP contribution in [0.15, 0.2) is 16.9 Å². The van der Waals surface area contributed by atoms with Crippen molar-refractivity contribution < 1.29 is 9.59 Å². The minimum atomic E-state index is -0.244. The van der Waals surface area contributed by atoms with Crippen LogP contribution < -0.4 is 10.7 Å². The molecule has 1 aliphatic rings. The third-order valence-electron chi connectivity index (χ3n) is 3.75. The first-order valence-corrected chi connectivity index (χ1v) is 8.18. The molecule has 2 N–H and O–H groups in total. The third-order valence-corrected chi connectivity index (χ3v) is 3.75. The maximum absolute atomic E-state index is 12.5. The molecule has 24 heavy (non-hydrogen) atoms. The number of carbonyl (C=O) groups is 2. The number of amides is 2. The largest absolute Gasteiger partial charge is 0.354 e. The second kappa shape index (κ2) is 7.17. The molecule has 0 bridgehead atoms. The van der Waals surface area contributed by atoms with Crippen LogP contribution in [0, 0.1) is 6.92 Å². The number of nitrogens with one attached hydrogen (secondary N) is 2. The molecular formula is C17H26N4O3. The highest BCUT2D eigenvalue weighted by Gasteiger charge is 2.24. The van der Waals surface area contributed by atoms with Crippen LogP contribution in [-0.2, 0) is 4.79 Å². The second-order valence-corrected chi connectivity index (χ2v) is 7.28. The Labute approximate surface area is 142 Å². The third kappa shape index (κ3) is 5.19. The van der Waals surface area contributed by atoms with E-state index < -0.39 is 0 Å². The predicted molar refractivity (Wildman–Crippen MR) is 92.0 cm³/mol. The molecule has 2 heterocycles. The maximum Gasteiger partial charge on any atom is 0.270 e. The zero-order valence-corrected chi connectivity index (χ0v) is 14.8. The van der Waals surface area contributed by atoms with Gasteiger partial charge in [-0.3, -0.25) is 19.3 Å². The molecule has 7 heteroatoms. The molecule has 2 amide bonds. The van der Waals surface area contributed by atoms with E-state index >= 15 is 0 Å². The Balaban J connectivity index is 1.89. The molecule has 1 aromatic rings. The number of H-pyrrole nitrogens is 1. The van der Waals surface area contributed by atoms with Crippen LogP contribution in [0.2, 0.25) is 0 Å². The average Bonchev–Trinajstić information content (AvgIpc) is 2.44. The highest BCUT2D eigenvalue weighted by Crippen LogP contribution is 2.07. The lowest BCUT2D eigenvalue weighted by molar-refractivity contribution is -0.124. The van der Waals surface area contributed by atoms with Crippen molar-refractivity contribution in [2.45, 2.75) is 33.2 Å². The number of aromatic nitrogens is 1. The van der Waals surface area contributed by atoms with Gasteiger partial charge in [0.25, 0.3) is 5.91 Å². The number of aromatic amines is 1. The topological polar surface area (TPSA) is 85.5 Å². The summed E-state index contributed by atoms with van der Waals surface area (Å²) in [7, 11) is 0. The van der Waals surface area contributed by atoms with Crippen LogP contribution >= 0.6 is 0 Å². The minimum absolute atomic E-state index is 0.00899. The van der Waals surface area contributed by atoms with Crippen molar-refractivity contribution in [1.82, 2.24) is 20.1 Å². The molecule has 7 nitrogen and oxygen atoms in total. The van der Waals surface area contributed by atoms with E-state index in [-0.39, 0.29) is 22.8 Å². The van der Waals surface area contributed by atoms with Gasteiger partial charge >= 0.3 is 0 Å². The summed E-state index contributed by atoms with van der Waals surface area (Å²) in [4.78, 5) is 42.7. The van der Waals surface area contributed by atoms with Gasteiger partial charge < -0.3 is 15.2 Å². The molecule has 1 fully saturated rings. The van der Waals surface area contributed by atoms with Gasteiger partial charge in [-0.2, -0.15) is 0 Å². The first-order valence-electron chi connectivity index (χ1n) is 8.18. The zero-order valence-electron chi connectivity index (χ0n) is 14.8. The van der Waals surface area contributed by atoms with E-state index in [1.807, 2.05) is 25.7 Å². The van der Waals surface area contributed by atoms with E-state index in [1.54, 1.807) is 11.8 Å². The van der Waals surface area contributed by atoms with Crippen molar-refractivity contribution in [2.24, 2.45) is 0 Å². The number of nitrogens with zero attached hydrogens (tertiary/aromatic N) is 2. The fourth-order valence-electron chi connectivity index (χ4n) is 2.74. The Morgan fingerprint density at radius 2 is 1.79 bits per heavy atom. The van der Waals surface area contributed by atoms with Crippen LogP contribution in [0.25, 0.3) is 0 Å². The lowest BCUT2D eigenvalue weighted by Crippen LogP contribution is -2.53. The maximum atomic E-state index is 12.5. The van der Waals surface area contributed by atoms with Crippen LogP contribution in [0.3, 0.4) is 0 Å². The van der Waals surface area contributed by atoms with Gasteiger partial charge in [0.15, 0.2) is 5.43 Å². The fraction of sp³-hybridized carbons (Fsp3) is 0.588. The molecule has 0 unspecified atom stereocenters. The molecule has 0 atom stereocenters. The van der Waals surface area contributed by atoms with Crippen molar-refractivity contribution in [2.75, 3.05) is 32.7 Å². The van der Waals surface area contributed by atoms with Gasteiger partial charge in [0.2, 0.25) is 5.91 Å². The molecule has 2 rings (SSSR count). The summed E-state index contributed by atoms with van der Waals surface area (Å²) in [5.74, 6) is -0.181. The van der Waals surface area contributed by atoms with Gasteiger partial charge in [0.05, 0.1) is 6.54 Å². The number of hydrogen-bond donors (Lipinski definition) is 2. The fourth-order valence-corrected chi connectivity index (χ4v) is 2.74. The standard InChI is InChI=1S/C17H26N4O3/c1-12-9-13(22)10-14(18-12)16(24)21-7-5-20(6-8-21)11-15(23)19-17(2,3)4/h9-10H,5-8,11H2,1-4H3,(H,18,22)(H,19,23). The van der Waals surface area contributed by atoms with Crippen molar-refractivity contribution in [1.29, 1.82) is 0 Å². The quantitative estimate of drug-likeness (QED) is 0.835. The number of hydrogen-bond acceptors (Lipinski definition) is 4. The highest BCUT2D eigenvalue weighted by molar-refractivity contribution is 5.92. The molecule has 0 radical (unpaired) electrons. The first kappa shape index (κ1) is 18.2. The molecule has 0 saturated carbocycles. The molecule has 0 aliphatic carbocycles. The van der Waals surface area contributed by atoms with Crippen LogP contribution in [0.1, 0.15) is 37.0 Å². The highest BCUT2D eigenvalue weighted by atomic mass is 16.2. The van der Waals surface area contributed by atoms with Crippen molar-refractivity contribution in [3.05, 3.63) is 33.7 Å². The Morgan fingerprint density at radius 1 is 1.17 bits per heavy atom. The summed E-state index contributed by atoms with van der Waals surface area (Å²) in [6.07, 6.45) is 0. The smallest absolute Gasteiger partial charge is 0.270 e. The lowest BCUT2D eigenvalue weighted by atomic mass is 10.1. The molecule has 1 aliphatic heterocycles. The lowest BCUT2D eigenvalue weighted by Gasteiger charge is -2.34. The summed E-state index contributed by atoms with van der Waals surface area (Å²) in [5.41, 5.74) is 0.570. The number of piperazine rings is 1. The zero-order chi connectivity index (χ0) is 17.9. The summed E-state index contributed by atoms with van der Waals surface area (Å²) in [5, 5.41) is 2.94. The number of pyridine rings is 1. The van der Waals surface area contributed by atoms with E-state index in [9.17, 15) is 14.4 Å². The molecular weight excluding hydrogens is 308 g/mol. The normalized spacial score (nSPS) is 16.1. The van der Waals surface area contributed by atoms with Crippen molar-refractivity contribution in [3.63, 3.8) is 0 Å². The Hall–Kier alpha value is -2.15. The van der Waals surface area contributed by atoms with Crippen LogP contribution in [0.4, 0.5) is 0 Å². The monoisotopic (exact) mass is 334 g/mol. The number of carbonyl (C=O) groups excluding carboxylic acids is 2. The molecule has 1 aromatic heterocycles. The average molecular weight is 334 g/mol. The summed E-state index contributed by atoms with van der Waals surface area (Å²) < 4.78 is 0. The van der Waals surface area contributed by atoms with Gasteiger partial charge in [0.1, 0.15) is 5.69 Å². The van der Waals surface area contributed by atoms with Crippen molar-refractivity contribution >= 4 is 11.8 Å². The van der Waals surface area contributed by atoms with Gasteiger partial charge in [0, 0.05) is 49.5 Å². The van der Waals surface area contributed by atoms with Crippen LogP contribution in [-0.4, -0.2) is 64.9 Å². The predicted octanol–water partition coefficient (Wildman–Crippen LogP) is 0.356. The minimum Gasteiger partial charge on any atom is -0.354 e. The summed E-state index contributed by atoms with van der Waals surface area (Å²) >= 11 is 0. The van der Waals surface area contributed by atoms with E-state index in [0.717, 1.165) is 0 Å². The van der Waals surface area contributed by atoms with E-state index in [0.29, 0.717) is 44.1 Å². The molecule has 132 valence electrons. The summed E-state index contributed by atoms with van der Waals surface area (Å²) in [6.45, 7) is 10.3. The summed E-state index contributed by atoms with van der Waals surface area (Å²) in [6, 6.07) is 2.79. The first-order chi connectivity index (χ1) is 11.1. The van der Waals surface area contributed by atoms with Gasteiger partial charge in [-0.1, -0.05) is 0 Å². The van der Waals surface area contributed by atoms with Gasteiger partial charge in [-0.05, 0) is 27.7 Å². The van der Waals surface area contributed by atoms with Gasteiger partial charge in [-0.25, -0.2) is 0 Å². The SMILES string of the molecule is Cc1cc(=O)cc(C(=O)N2CCN(CC(=O)NC(C)(C)C)CC2)[nH]1. The molecule has 1 saturated heterocycles. The molecule has 0 spiro atoms. The Bertz CT molecular complexity index is 667. The molecule has 0 aromatic carbocycles. The number of aryl methyl sites for hydroxylation is 1. The number of rotatable bonds is 3. The Kier molecular flexibility index (Phi) is 5.43. The van der Waals surface area contributed by atoms with Crippen molar-refractivity contribution in [3.8, 4) is 0 Å². The van der Waals surface area contributed by atoms with E-state index in [1.165, 1.54) is 12.1 Å². The Morgan fingerprint density at radius 3 is 2.33 bits per heavy atom. The second-order valence-electron chi connectivity index (χ2n) is 7.28. The van der Waals surface area contributed by atoms with E-state index in [4.69, 9.17) is 0 Å². The van der Waals surface area contributed by atoms with Crippen LogP contribution in [0.5, 0.6) is 0 Å².